The highest BCUT2D eigenvalue weighted by atomic mass is 31.2. The van der Waals surface area contributed by atoms with Crippen molar-refractivity contribution >= 4 is 39.5 Å². The number of rotatable bonds is 74. The molecule has 0 aromatic carbocycles. The number of aliphatic hydroxyl groups is 1. The summed E-state index contributed by atoms with van der Waals surface area (Å²) in [4.78, 5) is 72.8. The third-order valence-corrected chi connectivity index (χ3v) is 19.5. The Morgan fingerprint density at radius 1 is 0.284 bits per heavy atom. The number of carbonyl (C=O) groups is 4. The molecule has 0 amide bonds. The molecule has 0 aromatic heterocycles. The summed E-state index contributed by atoms with van der Waals surface area (Å²) >= 11 is 0. The zero-order valence-corrected chi connectivity index (χ0v) is 63.9. The van der Waals surface area contributed by atoms with Crippen molar-refractivity contribution in [1.29, 1.82) is 0 Å². The molecule has 5 atom stereocenters. The molecule has 19 heteroatoms. The van der Waals surface area contributed by atoms with Crippen molar-refractivity contribution in [2.45, 2.75) is 407 Å². The summed E-state index contributed by atoms with van der Waals surface area (Å²) in [5.74, 6) is 0.199. The highest BCUT2D eigenvalue weighted by Gasteiger charge is 2.30. The van der Waals surface area contributed by atoms with Crippen molar-refractivity contribution in [3.05, 3.63) is 0 Å². The Balaban J connectivity index is 5.23. The molecule has 95 heavy (non-hydrogen) atoms. The first kappa shape index (κ1) is 93.1. The van der Waals surface area contributed by atoms with Gasteiger partial charge in [0.15, 0.2) is 12.2 Å². The maximum Gasteiger partial charge on any atom is 0.472 e. The number of aliphatic hydroxyl groups excluding tert-OH is 1. The van der Waals surface area contributed by atoms with Gasteiger partial charge in [-0.3, -0.25) is 37.3 Å². The van der Waals surface area contributed by atoms with E-state index in [1.165, 1.54) is 199 Å². The van der Waals surface area contributed by atoms with Gasteiger partial charge >= 0.3 is 39.5 Å². The monoisotopic (exact) mass is 1400 g/mol. The Labute approximate surface area is 581 Å². The molecule has 0 aliphatic heterocycles. The van der Waals surface area contributed by atoms with Crippen LogP contribution >= 0.6 is 15.6 Å². The maximum atomic E-state index is 13.1. The molecule has 17 nitrogen and oxygen atoms in total. The highest BCUT2D eigenvalue weighted by molar-refractivity contribution is 7.47. The summed E-state index contributed by atoms with van der Waals surface area (Å²) in [5.41, 5.74) is 0. The Bertz CT molecular complexity index is 1850. The average Bonchev–Trinajstić information content (AvgIpc) is 2.06. The highest BCUT2D eigenvalue weighted by Crippen LogP contribution is 2.45. The van der Waals surface area contributed by atoms with Crippen LogP contribution in [0.2, 0.25) is 0 Å². The molecule has 0 radical (unpaired) electrons. The Morgan fingerprint density at radius 3 is 0.716 bits per heavy atom. The van der Waals surface area contributed by atoms with E-state index in [4.69, 9.17) is 37.0 Å². The van der Waals surface area contributed by atoms with Gasteiger partial charge in [-0.15, -0.1) is 0 Å². The van der Waals surface area contributed by atoms with E-state index in [0.717, 1.165) is 108 Å². The number of unbranched alkanes of at least 4 members (excludes halogenated alkanes) is 42. The summed E-state index contributed by atoms with van der Waals surface area (Å²) in [6.45, 7) is 11.9. The third-order valence-electron chi connectivity index (χ3n) is 17.6. The Hall–Kier alpha value is -1.94. The van der Waals surface area contributed by atoms with Gasteiger partial charge in [0, 0.05) is 25.7 Å². The molecule has 0 fully saturated rings. The first-order valence-electron chi connectivity index (χ1n) is 39.3. The molecular formula is C76H148O17P2. The molecule has 2 unspecified atom stereocenters. The van der Waals surface area contributed by atoms with Gasteiger partial charge in [0.1, 0.15) is 19.3 Å². The minimum absolute atomic E-state index is 0.105. The predicted molar refractivity (Wildman–Crippen MR) is 386 cm³/mol. The first-order chi connectivity index (χ1) is 45.7. The van der Waals surface area contributed by atoms with Gasteiger partial charge in [0.05, 0.1) is 26.4 Å². The number of carbonyl (C=O) groups excluding carboxylic acids is 4. The number of phosphoric ester groups is 2. The fourth-order valence-electron chi connectivity index (χ4n) is 11.6. The summed E-state index contributed by atoms with van der Waals surface area (Å²) in [7, 11) is -9.91. The molecule has 0 heterocycles. The number of ether oxygens (including phenoxy) is 4. The summed E-state index contributed by atoms with van der Waals surface area (Å²) in [6.07, 6.45) is 52.7. The van der Waals surface area contributed by atoms with Crippen LogP contribution in [0, 0.1) is 17.8 Å². The molecule has 0 aromatic rings. The number of hydrogen-bond acceptors (Lipinski definition) is 15. The van der Waals surface area contributed by atoms with E-state index in [9.17, 15) is 43.2 Å². The van der Waals surface area contributed by atoms with Crippen molar-refractivity contribution in [3.63, 3.8) is 0 Å². The second-order valence-electron chi connectivity index (χ2n) is 28.8. The number of phosphoric acid groups is 2. The van der Waals surface area contributed by atoms with Gasteiger partial charge in [-0.05, 0) is 43.4 Å². The zero-order valence-electron chi connectivity index (χ0n) is 62.1. The van der Waals surface area contributed by atoms with E-state index in [1.807, 2.05) is 0 Å². The molecule has 0 saturated carbocycles. The molecule has 0 aliphatic carbocycles. The van der Waals surface area contributed by atoms with Crippen molar-refractivity contribution in [1.82, 2.24) is 0 Å². The fourth-order valence-corrected chi connectivity index (χ4v) is 13.2. The Kier molecular flexibility index (Phi) is 65.2. The molecule has 0 spiro atoms. The van der Waals surface area contributed by atoms with E-state index in [1.54, 1.807) is 0 Å². The topological polar surface area (TPSA) is 237 Å². The van der Waals surface area contributed by atoms with Crippen LogP contribution < -0.4 is 0 Å². The quantitative estimate of drug-likeness (QED) is 0.0222. The van der Waals surface area contributed by atoms with Crippen LogP contribution in [0.15, 0.2) is 0 Å². The minimum atomic E-state index is -4.96. The van der Waals surface area contributed by atoms with E-state index in [2.05, 4.69) is 48.5 Å². The van der Waals surface area contributed by atoms with E-state index >= 15 is 0 Å². The lowest BCUT2D eigenvalue weighted by Gasteiger charge is -2.21. The molecule has 0 rings (SSSR count). The van der Waals surface area contributed by atoms with Gasteiger partial charge in [-0.1, -0.05) is 337 Å². The van der Waals surface area contributed by atoms with Gasteiger partial charge in [0.2, 0.25) is 0 Å². The SMILES string of the molecule is CCCCCCCCCCCCC(=O)OC[C@H](COP(=O)(O)OC[C@H](O)COP(=O)(O)OC[C@@H](COC(=O)CCCCCCCCCCCCCC(C)C)OC(=O)CCCCCCCCCCCCCCCCCCC(C)C)OC(=O)CCCCCCCCCCCC(C)C. The summed E-state index contributed by atoms with van der Waals surface area (Å²) in [6, 6.07) is 0. The van der Waals surface area contributed by atoms with E-state index < -0.39 is 97.5 Å². The van der Waals surface area contributed by atoms with Crippen molar-refractivity contribution in [3.8, 4) is 0 Å². The molecule has 3 N–H and O–H groups in total. The van der Waals surface area contributed by atoms with E-state index in [0.29, 0.717) is 25.7 Å². The lowest BCUT2D eigenvalue weighted by molar-refractivity contribution is -0.161. The average molecular weight is 1400 g/mol. The maximum absolute atomic E-state index is 13.1. The second kappa shape index (κ2) is 66.6. The van der Waals surface area contributed by atoms with Gasteiger partial charge < -0.3 is 33.8 Å². The lowest BCUT2D eigenvalue weighted by atomic mass is 10.0. The molecular weight excluding hydrogens is 1250 g/mol. The van der Waals surface area contributed by atoms with Crippen LogP contribution in [-0.2, 0) is 65.4 Å². The Morgan fingerprint density at radius 2 is 0.484 bits per heavy atom. The molecule has 0 bridgehead atoms. The second-order valence-corrected chi connectivity index (χ2v) is 31.7. The lowest BCUT2D eigenvalue weighted by Crippen LogP contribution is -2.30. The van der Waals surface area contributed by atoms with Crippen molar-refractivity contribution < 1.29 is 80.2 Å². The van der Waals surface area contributed by atoms with Gasteiger partial charge in [-0.2, -0.15) is 0 Å². The standard InChI is InChI=1S/C76H148O17P2/c1-8-9-10-11-12-13-29-36-43-50-57-73(78)86-63-72(93-76(81)60-53-46-39-32-25-28-35-42-49-56-69(6)7)66-91-95(84,85)89-62-70(77)61-88-94(82,83)90-65-71(64-87-74(79)58-51-44-37-30-24-20-22-27-34-41-48-55-68(4)5)92-75(80)59-52-45-38-31-23-19-17-15-14-16-18-21-26-33-40-47-54-67(2)3/h67-72,77H,8-66H2,1-7H3,(H,82,83)(H,84,85)/t70-,71-,72-/m1/s1. The molecule has 0 saturated heterocycles. The van der Waals surface area contributed by atoms with Crippen molar-refractivity contribution in [2.75, 3.05) is 39.6 Å². The minimum Gasteiger partial charge on any atom is -0.462 e. The number of esters is 4. The molecule has 564 valence electrons. The first-order valence-corrected chi connectivity index (χ1v) is 42.3. The smallest absolute Gasteiger partial charge is 0.462 e. The summed E-state index contributed by atoms with van der Waals surface area (Å²) < 4.78 is 68.5. The summed E-state index contributed by atoms with van der Waals surface area (Å²) in [5, 5.41) is 10.6. The predicted octanol–water partition coefficient (Wildman–Crippen LogP) is 22.2. The van der Waals surface area contributed by atoms with Crippen LogP contribution in [0.1, 0.15) is 389 Å². The number of hydrogen-bond donors (Lipinski definition) is 3. The van der Waals surface area contributed by atoms with Gasteiger partial charge in [0.25, 0.3) is 0 Å². The molecule has 0 aliphatic rings. The largest absolute Gasteiger partial charge is 0.472 e. The van der Waals surface area contributed by atoms with Crippen LogP contribution in [-0.4, -0.2) is 96.7 Å². The third kappa shape index (κ3) is 70.3. The van der Waals surface area contributed by atoms with Gasteiger partial charge in [-0.25, -0.2) is 9.13 Å². The fraction of sp³-hybridized carbons (Fsp3) is 0.947. The normalized spacial score (nSPS) is 14.1. The van der Waals surface area contributed by atoms with E-state index in [-0.39, 0.29) is 25.7 Å². The van der Waals surface area contributed by atoms with Crippen molar-refractivity contribution in [2.24, 2.45) is 17.8 Å². The van der Waals surface area contributed by atoms with Crippen LogP contribution in [0.25, 0.3) is 0 Å². The van der Waals surface area contributed by atoms with Crippen LogP contribution in [0.3, 0.4) is 0 Å². The van der Waals surface area contributed by atoms with Crippen LogP contribution in [0.5, 0.6) is 0 Å². The van der Waals surface area contributed by atoms with Crippen LogP contribution in [0.4, 0.5) is 0 Å². The zero-order chi connectivity index (χ0) is 70.1.